The second kappa shape index (κ2) is 7.07. The number of nitrogens with zero attached hydrogens (tertiary/aromatic N) is 1. The van der Waals surface area contributed by atoms with E-state index in [1.54, 1.807) is 6.20 Å². The number of hydrogen-bond donors (Lipinski definition) is 2. The average molecular weight is 260 g/mol. The standard InChI is InChI=1S/C15H20N2O2/c1-2-8-16-10-12(18)11-19-15-7-3-6-14-13(15)5-4-9-17-14/h3-7,9,12,16,18H,2,8,10-11H2,1H3. The molecule has 1 heterocycles. The topological polar surface area (TPSA) is 54.4 Å². The van der Waals surface area contributed by atoms with E-state index in [4.69, 9.17) is 4.74 Å². The molecule has 2 N–H and O–H groups in total. The van der Waals surface area contributed by atoms with Crippen LogP contribution in [0.2, 0.25) is 0 Å². The molecule has 102 valence electrons. The van der Waals surface area contributed by atoms with Crippen molar-refractivity contribution in [3.05, 3.63) is 36.5 Å². The van der Waals surface area contributed by atoms with Gasteiger partial charge in [-0.25, -0.2) is 0 Å². The molecule has 1 atom stereocenters. The Morgan fingerprint density at radius 1 is 1.32 bits per heavy atom. The van der Waals surface area contributed by atoms with Crippen LogP contribution in [0.4, 0.5) is 0 Å². The van der Waals surface area contributed by atoms with Crippen LogP contribution in [0.5, 0.6) is 5.75 Å². The van der Waals surface area contributed by atoms with Crippen LogP contribution < -0.4 is 10.1 Å². The number of fused-ring (bicyclic) bond motifs is 1. The van der Waals surface area contributed by atoms with Crippen LogP contribution in [0.15, 0.2) is 36.5 Å². The van der Waals surface area contributed by atoms with E-state index >= 15 is 0 Å². The number of pyridine rings is 1. The minimum atomic E-state index is -0.501. The van der Waals surface area contributed by atoms with Gasteiger partial charge in [0.25, 0.3) is 0 Å². The zero-order valence-corrected chi connectivity index (χ0v) is 11.2. The Bertz CT molecular complexity index is 511. The highest BCUT2D eigenvalue weighted by Crippen LogP contribution is 2.23. The number of aliphatic hydroxyl groups is 1. The van der Waals surface area contributed by atoms with Gasteiger partial charge in [-0.3, -0.25) is 4.98 Å². The third-order valence-electron chi connectivity index (χ3n) is 2.84. The SMILES string of the molecule is CCCNCC(O)COc1cccc2ncccc12. The summed E-state index contributed by atoms with van der Waals surface area (Å²) >= 11 is 0. The molecule has 1 aromatic heterocycles. The van der Waals surface area contributed by atoms with Crippen LogP contribution in [0.1, 0.15) is 13.3 Å². The maximum atomic E-state index is 9.81. The molecule has 2 rings (SSSR count). The Morgan fingerprint density at radius 3 is 3.05 bits per heavy atom. The molecule has 1 unspecified atom stereocenters. The Morgan fingerprint density at radius 2 is 2.21 bits per heavy atom. The molecule has 0 saturated carbocycles. The first-order valence-corrected chi connectivity index (χ1v) is 6.66. The fraction of sp³-hybridized carbons (Fsp3) is 0.400. The van der Waals surface area contributed by atoms with Gasteiger partial charge in [0.1, 0.15) is 18.5 Å². The minimum Gasteiger partial charge on any atom is -0.490 e. The maximum Gasteiger partial charge on any atom is 0.128 e. The molecule has 2 aromatic rings. The molecule has 0 amide bonds. The third-order valence-corrected chi connectivity index (χ3v) is 2.84. The lowest BCUT2D eigenvalue weighted by atomic mass is 10.2. The van der Waals surface area contributed by atoms with Crippen LogP contribution in [0, 0.1) is 0 Å². The van der Waals surface area contributed by atoms with E-state index in [1.165, 1.54) is 0 Å². The van der Waals surface area contributed by atoms with Crippen molar-refractivity contribution in [1.29, 1.82) is 0 Å². The summed E-state index contributed by atoms with van der Waals surface area (Å²) in [6, 6.07) is 9.61. The molecule has 4 heteroatoms. The van der Waals surface area contributed by atoms with Crippen LogP contribution in [0.3, 0.4) is 0 Å². The van der Waals surface area contributed by atoms with Crippen molar-refractivity contribution in [3.8, 4) is 5.75 Å². The highest BCUT2D eigenvalue weighted by atomic mass is 16.5. The number of nitrogens with one attached hydrogen (secondary N) is 1. The van der Waals surface area contributed by atoms with Crippen molar-refractivity contribution >= 4 is 10.9 Å². The number of ether oxygens (including phenoxy) is 1. The summed E-state index contributed by atoms with van der Waals surface area (Å²) in [7, 11) is 0. The minimum absolute atomic E-state index is 0.282. The van der Waals surface area contributed by atoms with Gasteiger partial charge in [-0.2, -0.15) is 0 Å². The van der Waals surface area contributed by atoms with Crippen molar-refractivity contribution in [1.82, 2.24) is 10.3 Å². The van der Waals surface area contributed by atoms with E-state index in [-0.39, 0.29) is 6.61 Å². The monoisotopic (exact) mass is 260 g/mol. The van der Waals surface area contributed by atoms with E-state index in [0.29, 0.717) is 6.54 Å². The molecule has 1 aromatic carbocycles. The van der Waals surface area contributed by atoms with Gasteiger partial charge in [0.15, 0.2) is 0 Å². The van der Waals surface area contributed by atoms with Crippen LogP contribution >= 0.6 is 0 Å². The molecule has 0 bridgehead atoms. The van der Waals surface area contributed by atoms with Crippen LogP contribution in [0.25, 0.3) is 10.9 Å². The van der Waals surface area contributed by atoms with Crippen LogP contribution in [-0.2, 0) is 0 Å². The summed E-state index contributed by atoms with van der Waals surface area (Å²) < 4.78 is 5.68. The molecule has 0 aliphatic carbocycles. The van der Waals surface area contributed by atoms with Gasteiger partial charge in [-0.15, -0.1) is 0 Å². The summed E-state index contributed by atoms with van der Waals surface area (Å²) in [5.74, 6) is 0.764. The molecule has 0 spiro atoms. The van der Waals surface area contributed by atoms with Crippen molar-refractivity contribution in [2.24, 2.45) is 0 Å². The Kier molecular flexibility index (Phi) is 5.12. The van der Waals surface area contributed by atoms with E-state index in [0.717, 1.165) is 29.6 Å². The highest BCUT2D eigenvalue weighted by Gasteiger charge is 2.07. The first-order chi connectivity index (χ1) is 9.31. The van der Waals surface area contributed by atoms with E-state index < -0.39 is 6.10 Å². The van der Waals surface area contributed by atoms with Gasteiger partial charge in [0, 0.05) is 18.1 Å². The van der Waals surface area contributed by atoms with Gasteiger partial charge in [0.05, 0.1) is 5.52 Å². The van der Waals surface area contributed by atoms with E-state index in [1.807, 2.05) is 30.3 Å². The summed E-state index contributed by atoms with van der Waals surface area (Å²) in [5, 5.41) is 13.9. The normalized spacial score (nSPS) is 12.5. The van der Waals surface area contributed by atoms with Crippen molar-refractivity contribution in [2.45, 2.75) is 19.4 Å². The molecule has 4 nitrogen and oxygen atoms in total. The third kappa shape index (κ3) is 3.91. The fourth-order valence-corrected chi connectivity index (χ4v) is 1.89. The van der Waals surface area contributed by atoms with Gasteiger partial charge in [-0.05, 0) is 37.2 Å². The second-order valence-electron chi connectivity index (χ2n) is 4.50. The molecule has 0 fully saturated rings. The quantitative estimate of drug-likeness (QED) is 0.747. The van der Waals surface area contributed by atoms with E-state index in [9.17, 15) is 5.11 Å². The van der Waals surface area contributed by atoms with Gasteiger partial charge in [0.2, 0.25) is 0 Å². The number of hydrogen-bond acceptors (Lipinski definition) is 4. The Labute approximate surface area is 113 Å². The molecule has 0 aliphatic rings. The van der Waals surface area contributed by atoms with Crippen LogP contribution in [-0.4, -0.2) is 35.9 Å². The van der Waals surface area contributed by atoms with Crippen molar-refractivity contribution < 1.29 is 9.84 Å². The number of rotatable bonds is 7. The largest absolute Gasteiger partial charge is 0.490 e. The molecule has 19 heavy (non-hydrogen) atoms. The zero-order chi connectivity index (χ0) is 13.5. The Hall–Kier alpha value is -1.65. The lowest BCUT2D eigenvalue weighted by Crippen LogP contribution is -2.31. The molecule has 0 saturated heterocycles. The predicted molar refractivity (Wildman–Crippen MR) is 76.4 cm³/mol. The summed E-state index contributed by atoms with van der Waals surface area (Å²) in [5.41, 5.74) is 0.901. The first kappa shape index (κ1) is 13.8. The number of aliphatic hydroxyl groups excluding tert-OH is 1. The van der Waals surface area contributed by atoms with Gasteiger partial charge in [-0.1, -0.05) is 13.0 Å². The summed E-state index contributed by atoms with van der Waals surface area (Å²) in [4.78, 5) is 4.27. The first-order valence-electron chi connectivity index (χ1n) is 6.66. The van der Waals surface area contributed by atoms with Crippen molar-refractivity contribution in [2.75, 3.05) is 19.7 Å². The Balaban J connectivity index is 1.94. The summed E-state index contributed by atoms with van der Waals surface area (Å²) in [6.45, 7) is 3.84. The number of aromatic nitrogens is 1. The molecular weight excluding hydrogens is 240 g/mol. The zero-order valence-electron chi connectivity index (χ0n) is 11.2. The molecule has 0 aliphatic heterocycles. The van der Waals surface area contributed by atoms with Gasteiger partial charge < -0.3 is 15.2 Å². The highest BCUT2D eigenvalue weighted by molar-refractivity contribution is 5.84. The van der Waals surface area contributed by atoms with Crippen molar-refractivity contribution in [3.63, 3.8) is 0 Å². The summed E-state index contributed by atoms with van der Waals surface area (Å²) in [6.07, 6.45) is 2.32. The average Bonchev–Trinajstić information content (AvgIpc) is 2.45. The lowest BCUT2D eigenvalue weighted by Gasteiger charge is -2.14. The number of benzene rings is 1. The molecule has 0 radical (unpaired) electrons. The van der Waals surface area contributed by atoms with Gasteiger partial charge >= 0.3 is 0 Å². The molecular formula is C15H20N2O2. The maximum absolute atomic E-state index is 9.81. The lowest BCUT2D eigenvalue weighted by molar-refractivity contribution is 0.107. The predicted octanol–water partition coefficient (Wildman–Crippen LogP) is 1.97. The smallest absolute Gasteiger partial charge is 0.128 e. The van der Waals surface area contributed by atoms with E-state index in [2.05, 4.69) is 17.2 Å². The fourth-order valence-electron chi connectivity index (χ4n) is 1.89. The second-order valence-corrected chi connectivity index (χ2v) is 4.50.